The van der Waals surface area contributed by atoms with Crippen molar-refractivity contribution in [2.24, 2.45) is 0 Å². The van der Waals surface area contributed by atoms with Crippen molar-refractivity contribution in [3.63, 3.8) is 0 Å². The van der Waals surface area contributed by atoms with Crippen molar-refractivity contribution in [3.8, 4) is 11.1 Å². The van der Waals surface area contributed by atoms with Crippen LogP contribution < -0.4 is 10.6 Å². The Labute approximate surface area is 180 Å². The fourth-order valence-corrected chi connectivity index (χ4v) is 3.18. The summed E-state index contributed by atoms with van der Waals surface area (Å²) >= 11 is 0. The summed E-state index contributed by atoms with van der Waals surface area (Å²) in [6.07, 6.45) is 8.51. The summed E-state index contributed by atoms with van der Waals surface area (Å²) in [7, 11) is 1.61. The van der Waals surface area contributed by atoms with E-state index in [4.69, 9.17) is 10.5 Å². The lowest BCUT2D eigenvalue weighted by Crippen LogP contribution is -2.19. The lowest BCUT2D eigenvalue weighted by atomic mass is 10.1. The second-order valence-electron chi connectivity index (χ2n) is 6.85. The highest BCUT2D eigenvalue weighted by atomic mass is 16.5. The molecule has 0 amide bonds. The summed E-state index contributed by atoms with van der Waals surface area (Å²) < 4.78 is 5.21. The minimum atomic E-state index is 0.472. The van der Waals surface area contributed by atoms with Crippen LogP contribution in [0.5, 0.6) is 0 Å². The zero-order valence-corrected chi connectivity index (χ0v) is 17.1. The number of hydrogen-bond donors (Lipinski definition) is 1. The predicted octanol–water partition coefficient (Wildman–Crippen LogP) is 4.47. The van der Waals surface area contributed by atoms with E-state index in [1.165, 1.54) is 0 Å². The van der Waals surface area contributed by atoms with E-state index in [1.54, 1.807) is 38.1 Å². The number of hydrogen-bond acceptors (Lipinski definition) is 7. The summed E-state index contributed by atoms with van der Waals surface area (Å²) in [4.78, 5) is 19.4. The average Bonchev–Trinajstić information content (AvgIpc) is 2.83. The molecule has 3 aromatic heterocycles. The first-order valence-electron chi connectivity index (χ1n) is 9.68. The molecular weight excluding hydrogens is 388 g/mol. The van der Waals surface area contributed by atoms with Crippen molar-refractivity contribution in [2.45, 2.75) is 6.54 Å². The van der Waals surface area contributed by atoms with Gasteiger partial charge in [-0.1, -0.05) is 30.8 Å². The molecule has 4 rings (SSSR count). The van der Waals surface area contributed by atoms with Gasteiger partial charge in [-0.2, -0.15) is 0 Å². The van der Waals surface area contributed by atoms with E-state index in [0.29, 0.717) is 23.9 Å². The fourth-order valence-electron chi connectivity index (χ4n) is 3.18. The zero-order chi connectivity index (χ0) is 21.6. The molecule has 3 heterocycles. The Bertz CT molecular complexity index is 1180. The van der Waals surface area contributed by atoms with E-state index in [1.807, 2.05) is 53.4 Å². The topological polar surface area (TPSA) is 90.0 Å². The molecule has 7 nitrogen and oxygen atoms in total. The number of nitrogens with zero attached hydrogens (tertiary/aromatic N) is 5. The molecule has 0 bridgehead atoms. The van der Waals surface area contributed by atoms with Crippen molar-refractivity contribution in [2.75, 3.05) is 17.7 Å². The fraction of sp³-hybridized carbons (Fsp3) is 0.0833. The van der Waals surface area contributed by atoms with E-state index in [2.05, 4.69) is 26.5 Å². The van der Waals surface area contributed by atoms with Crippen LogP contribution >= 0.6 is 0 Å². The summed E-state index contributed by atoms with van der Waals surface area (Å²) in [6.45, 7) is 4.46. The van der Waals surface area contributed by atoms with Gasteiger partial charge in [0.05, 0.1) is 19.9 Å². The third-order valence-electron chi connectivity index (χ3n) is 4.83. The first kappa shape index (κ1) is 20.0. The van der Waals surface area contributed by atoms with E-state index in [-0.39, 0.29) is 0 Å². The van der Waals surface area contributed by atoms with Crippen LogP contribution in [0, 0.1) is 0 Å². The Morgan fingerprint density at radius 1 is 0.903 bits per heavy atom. The lowest BCUT2D eigenvalue weighted by Gasteiger charge is -2.23. The van der Waals surface area contributed by atoms with Crippen molar-refractivity contribution >= 4 is 23.2 Å². The number of pyridine rings is 2. The van der Waals surface area contributed by atoms with Gasteiger partial charge in [-0.3, -0.25) is 4.98 Å². The van der Waals surface area contributed by atoms with Gasteiger partial charge in [-0.05, 0) is 41.0 Å². The highest BCUT2D eigenvalue weighted by Gasteiger charge is 2.14. The smallest absolute Gasteiger partial charge is 0.152 e. The van der Waals surface area contributed by atoms with Crippen molar-refractivity contribution in [1.29, 1.82) is 0 Å². The van der Waals surface area contributed by atoms with Crippen LogP contribution in [0.1, 0.15) is 11.1 Å². The second-order valence-corrected chi connectivity index (χ2v) is 6.85. The largest absolute Gasteiger partial charge is 0.497 e. The quantitative estimate of drug-likeness (QED) is 0.450. The Kier molecular flexibility index (Phi) is 5.84. The molecule has 0 aliphatic rings. The van der Waals surface area contributed by atoms with E-state index < -0.39 is 0 Å². The summed E-state index contributed by atoms with van der Waals surface area (Å²) in [5.41, 5.74) is 9.84. The van der Waals surface area contributed by atoms with Crippen LogP contribution in [0.2, 0.25) is 0 Å². The highest BCUT2D eigenvalue weighted by Crippen LogP contribution is 2.28. The van der Waals surface area contributed by atoms with Gasteiger partial charge in [-0.15, -0.1) is 0 Å². The molecule has 0 aliphatic heterocycles. The molecule has 0 fully saturated rings. The van der Waals surface area contributed by atoms with E-state index >= 15 is 0 Å². The third-order valence-corrected chi connectivity index (χ3v) is 4.83. The number of ether oxygens (including phenoxy) is 1. The van der Waals surface area contributed by atoms with Crippen LogP contribution in [0.4, 0.5) is 17.5 Å². The summed E-state index contributed by atoms with van der Waals surface area (Å²) in [5, 5.41) is 0. The molecule has 31 heavy (non-hydrogen) atoms. The van der Waals surface area contributed by atoms with Gasteiger partial charge in [0.1, 0.15) is 17.4 Å². The summed E-state index contributed by atoms with van der Waals surface area (Å²) in [5.74, 6) is 2.55. The maximum Gasteiger partial charge on any atom is 0.152 e. The van der Waals surface area contributed by atoms with Gasteiger partial charge < -0.3 is 15.4 Å². The molecule has 0 unspecified atom stereocenters. The Balaban J connectivity index is 1.69. The molecular formula is C24H22N6O. The third kappa shape index (κ3) is 4.67. The molecule has 0 radical (unpaired) electrons. The van der Waals surface area contributed by atoms with Gasteiger partial charge in [0.2, 0.25) is 0 Å². The maximum absolute atomic E-state index is 5.86. The second kappa shape index (κ2) is 9.04. The maximum atomic E-state index is 5.86. The monoisotopic (exact) mass is 410 g/mol. The summed E-state index contributed by atoms with van der Waals surface area (Å²) in [6, 6.07) is 15.8. The molecule has 7 heteroatoms. The number of methoxy groups -OCH3 is 1. The molecule has 0 saturated heterocycles. The van der Waals surface area contributed by atoms with Crippen LogP contribution in [0.25, 0.3) is 16.9 Å². The van der Waals surface area contributed by atoms with Crippen molar-refractivity contribution in [1.82, 2.24) is 19.9 Å². The molecule has 2 N–H and O–H groups in total. The zero-order valence-electron chi connectivity index (χ0n) is 17.1. The van der Waals surface area contributed by atoms with E-state index in [0.717, 1.165) is 28.1 Å². The number of anilines is 3. The van der Waals surface area contributed by atoms with Crippen molar-refractivity contribution in [3.05, 3.63) is 97.2 Å². The molecule has 0 atom stereocenters. The molecule has 0 aliphatic carbocycles. The minimum absolute atomic E-state index is 0.472. The molecule has 154 valence electrons. The van der Waals surface area contributed by atoms with Gasteiger partial charge >= 0.3 is 0 Å². The van der Waals surface area contributed by atoms with Gasteiger partial charge in [0.25, 0.3) is 0 Å². The van der Waals surface area contributed by atoms with E-state index in [9.17, 15) is 0 Å². The van der Waals surface area contributed by atoms with Crippen LogP contribution in [0.15, 0.2) is 86.1 Å². The van der Waals surface area contributed by atoms with Crippen LogP contribution in [0.3, 0.4) is 0 Å². The number of nitrogens with two attached hydrogens (primary N) is 1. The lowest BCUT2D eigenvalue weighted by molar-refractivity contribution is 0.371. The first-order valence-corrected chi connectivity index (χ1v) is 9.68. The average molecular weight is 410 g/mol. The molecule has 1 aromatic carbocycles. The first-order chi connectivity index (χ1) is 15.1. The van der Waals surface area contributed by atoms with Gasteiger partial charge in [-0.25, -0.2) is 15.0 Å². The standard InChI is InChI=1S/C24H22N6O/c1-17(31-2)19-5-3-18(4-6-19)16-30(24-15-26-11-12-29-24)23-14-21(8-10-28-23)20-7-9-27-22(25)13-20/h3-15H,1,16H2,2H3,(H2,25,27). The number of aromatic nitrogens is 4. The molecule has 0 spiro atoms. The van der Waals surface area contributed by atoms with Gasteiger partial charge in [0, 0.05) is 30.4 Å². The molecule has 4 aromatic rings. The SMILES string of the molecule is C=C(OC)c1ccc(CN(c2cnccn2)c2cc(-c3ccnc(N)c3)ccn2)cc1. The van der Waals surface area contributed by atoms with Crippen LogP contribution in [-0.2, 0) is 11.3 Å². The Morgan fingerprint density at radius 2 is 1.61 bits per heavy atom. The predicted molar refractivity (Wildman–Crippen MR) is 122 cm³/mol. The number of nitrogen functional groups attached to an aromatic ring is 1. The van der Waals surface area contributed by atoms with Crippen molar-refractivity contribution < 1.29 is 4.74 Å². The highest BCUT2D eigenvalue weighted by molar-refractivity contribution is 5.70. The Morgan fingerprint density at radius 3 is 2.29 bits per heavy atom. The number of benzene rings is 1. The van der Waals surface area contributed by atoms with Gasteiger partial charge in [0.15, 0.2) is 5.82 Å². The number of rotatable bonds is 7. The normalized spacial score (nSPS) is 10.5. The minimum Gasteiger partial charge on any atom is -0.497 e. The Hall–Kier alpha value is -4.26. The van der Waals surface area contributed by atoms with Crippen LogP contribution in [-0.4, -0.2) is 27.0 Å². The molecule has 0 saturated carbocycles.